The molecule has 5 nitrogen and oxygen atoms in total. The predicted molar refractivity (Wildman–Crippen MR) is 127 cm³/mol. The van der Waals surface area contributed by atoms with Crippen LogP contribution < -0.4 is 4.90 Å². The van der Waals surface area contributed by atoms with E-state index in [1.807, 2.05) is 55.5 Å². The predicted octanol–water partition coefficient (Wildman–Crippen LogP) is 5.88. The molecule has 1 N–H and O–H groups in total. The summed E-state index contributed by atoms with van der Waals surface area (Å²) in [6.07, 6.45) is 0. The summed E-state index contributed by atoms with van der Waals surface area (Å²) in [6, 6.07) is 20.7. The molecule has 7 heteroatoms. The molecule has 1 aromatic heterocycles. The smallest absolute Gasteiger partial charge is 0.301 e. The molecule has 1 aliphatic heterocycles. The third-order valence-electron chi connectivity index (χ3n) is 5.42. The summed E-state index contributed by atoms with van der Waals surface area (Å²) >= 11 is 7.32. The first-order valence-corrected chi connectivity index (χ1v) is 11.1. The number of nitrogens with zero attached hydrogens (tertiary/aromatic N) is 2. The number of amides is 1. The Kier molecular flexibility index (Phi) is 5.04. The maximum absolute atomic E-state index is 13.2. The number of carbonyl (C=O) groups excluding carboxylic acids is 2. The van der Waals surface area contributed by atoms with Gasteiger partial charge in [-0.25, -0.2) is 4.98 Å². The van der Waals surface area contributed by atoms with Crippen LogP contribution in [0.15, 0.2) is 78.4 Å². The van der Waals surface area contributed by atoms with Crippen molar-refractivity contribution in [2.75, 3.05) is 4.90 Å². The van der Waals surface area contributed by atoms with Crippen LogP contribution in [0.5, 0.6) is 0 Å². The van der Waals surface area contributed by atoms with Gasteiger partial charge in [0.15, 0.2) is 5.13 Å². The number of ketones is 1. The van der Waals surface area contributed by atoms with Crippen molar-refractivity contribution in [1.29, 1.82) is 0 Å². The summed E-state index contributed by atoms with van der Waals surface area (Å²) in [5, 5.41) is 12.0. The van der Waals surface area contributed by atoms with Gasteiger partial charge in [-0.2, -0.15) is 0 Å². The number of anilines is 1. The number of benzene rings is 3. The third kappa shape index (κ3) is 3.38. The standard InChI is InChI=1S/C25H17ClN2O3S/c1-14-7-12-18-19(13-14)32-25(27-18)28-21(15-5-3-2-4-6-15)20(23(30)24(28)31)22(29)16-8-10-17(26)11-9-16/h2-13,21,29H,1H3/b22-20+/t21-/m0/s1. The molecule has 0 saturated carbocycles. The maximum atomic E-state index is 13.2. The lowest BCUT2D eigenvalue weighted by molar-refractivity contribution is -0.132. The molecular formula is C25H17ClN2O3S. The van der Waals surface area contributed by atoms with Crippen LogP contribution in [-0.2, 0) is 9.59 Å². The van der Waals surface area contributed by atoms with E-state index < -0.39 is 17.7 Å². The van der Waals surface area contributed by atoms with Crippen molar-refractivity contribution < 1.29 is 14.7 Å². The number of thiazole rings is 1. The second-order valence-electron chi connectivity index (χ2n) is 7.55. The zero-order valence-corrected chi connectivity index (χ0v) is 18.5. The van der Waals surface area contributed by atoms with E-state index in [1.165, 1.54) is 16.2 Å². The van der Waals surface area contributed by atoms with Gasteiger partial charge in [-0.15, -0.1) is 0 Å². The van der Waals surface area contributed by atoms with Crippen LogP contribution in [0.4, 0.5) is 5.13 Å². The van der Waals surface area contributed by atoms with E-state index in [9.17, 15) is 14.7 Å². The van der Waals surface area contributed by atoms with Gasteiger partial charge in [0.1, 0.15) is 5.76 Å². The van der Waals surface area contributed by atoms with Crippen molar-refractivity contribution >= 4 is 55.7 Å². The lowest BCUT2D eigenvalue weighted by Crippen LogP contribution is -2.29. The number of carbonyl (C=O) groups is 2. The number of aliphatic hydroxyl groups is 1. The SMILES string of the molecule is Cc1ccc2nc(N3C(=O)C(=O)/C(=C(/O)c4ccc(Cl)cc4)[C@@H]3c3ccccc3)sc2c1. The van der Waals surface area contributed by atoms with Crippen molar-refractivity contribution in [2.24, 2.45) is 0 Å². The number of aliphatic hydroxyl groups excluding tert-OH is 1. The van der Waals surface area contributed by atoms with E-state index in [0.717, 1.165) is 15.8 Å². The Morgan fingerprint density at radius 1 is 1.03 bits per heavy atom. The fourth-order valence-electron chi connectivity index (χ4n) is 3.87. The summed E-state index contributed by atoms with van der Waals surface area (Å²) in [4.78, 5) is 32.4. The van der Waals surface area contributed by atoms with Crippen LogP contribution in [0.1, 0.15) is 22.7 Å². The monoisotopic (exact) mass is 460 g/mol. The lowest BCUT2D eigenvalue weighted by Gasteiger charge is -2.22. The summed E-state index contributed by atoms with van der Waals surface area (Å²) in [5.74, 6) is -1.71. The first-order valence-electron chi connectivity index (χ1n) is 9.93. The summed E-state index contributed by atoms with van der Waals surface area (Å²) < 4.78 is 0.923. The van der Waals surface area contributed by atoms with E-state index in [2.05, 4.69) is 4.98 Å². The number of Topliss-reactive ketones (excluding diaryl/α,β-unsaturated/α-hetero) is 1. The molecule has 158 valence electrons. The number of halogens is 1. The highest BCUT2D eigenvalue weighted by Crippen LogP contribution is 2.44. The molecule has 3 aromatic carbocycles. The largest absolute Gasteiger partial charge is 0.507 e. The summed E-state index contributed by atoms with van der Waals surface area (Å²) in [7, 11) is 0. The Morgan fingerprint density at radius 2 is 1.75 bits per heavy atom. The number of hydrogen-bond acceptors (Lipinski definition) is 5. The highest BCUT2D eigenvalue weighted by Gasteiger charge is 2.48. The molecule has 1 fully saturated rings. The molecule has 5 rings (SSSR count). The maximum Gasteiger partial charge on any atom is 0.301 e. The van der Waals surface area contributed by atoms with Gasteiger partial charge in [-0.05, 0) is 54.4 Å². The number of hydrogen-bond donors (Lipinski definition) is 1. The van der Waals surface area contributed by atoms with Gasteiger partial charge < -0.3 is 5.11 Å². The van der Waals surface area contributed by atoms with Crippen LogP contribution in [0, 0.1) is 6.92 Å². The van der Waals surface area contributed by atoms with Gasteiger partial charge >= 0.3 is 5.91 Å². The Bertz CT molecular complexity index is 1390. The molecule has 0 spiro atoms. The topological polar surface area (TPSA) is 70.5 Å². The Hall–Kier alpha value is -3.48. The van der Waals surface area contributed by atoms with E-state index in [-0.39, 0.29) is 11.3 Å². The minimum absolute atomic E-state index is 0.0268. The van der Waals surface area contributed by atoms with Gasteiger partial charge in [-0.3, -0.25) is 14.5 Å². The molecule has 1 saturated heterocycles. The van der Waals surface area contributed by atoms with E-state index in [4.69, 9.17) is 11.6 Å². The zero-order valence-electron chi connectivity index (χ0n) is 16.9. The van der Waals surface area contributed by atoms with Gasteiger partial charge in [-0.1, -0.05) is 59.3 Å². The summed E-state index contributed by atoms with van der Waals surface area (Å²) in [6.45, 7) is 1.99. The van der Waals surface area contributed by atoms with Crippen LogP contribution in [-0.4, -0.2) is 21.8 Å². The first kappa shape index (κ1) is 20.4. The van der Waals surface area contributed by atoms with E-state index in [1.54, 1.807) is 24.3 Å². The highest BCUT2D eigenvalue weighted by atomic mass is 35.5. The number of aromatic nitrogens is 1. The van der Waals surface area contributed by atoms with Crippen molar-refractivity contribution in [3.63, 3.8) is 0 Å². The van der Waals surface area contributed by atoms with Gasteiger partial charge in [0.25, 0.3) is 5.78 Å². The minimum atomic E-state index is -0.798. The average Bonchev–Trinajstić information content (AvgIpc) is 3.32. The van der Waals surface area contributed by atoms with E-state index in [0.29, 0.717) is 21.3 Å². The normalized spacial score (nSPS) is 17.9. The van der Waals surface area contributed by atoms with E-state index >= 15 is 0 Å². The number of aryl methyl sites for hydroxylation is 1. The molecule has 0 unspecified atom stereocenters. The van der Waals surface area contributed by atoms with Crippen molar-refractivity contribution in [2.45, 2.75) is 13.0 Å². The molecule has 0 aliphatic carbocycles. The number of fused-ring (bicyclic) bond motifs is 1. The van der Waals surface area contributed by atoms with Crippen molar-refractivity contribution in [3.8, 4) is 0 Å². The van der Waals surface area contributed by atoms with Gasteiger partial charge in [0.2, 0.25) is 0 Å². The number of rotatable bonds is 3. The lowest BCUT2D eigenvalue weighted by atomic mass is 9.95. The Labute approximate surface area is 193 Å². The average molecular weight is 461 g/mol. The van der Waals surface area contributed by atoms with Gasteiger partial charge in [0.05, 0.1) is 21.8 Å². The quantitative estimate of drug-likeness (QED) is 0.235. The fraction of sp³-hybridized carbons (Fsp3) is 0.0800. The molecule has 0 bridgehead atoms. The van der Waals surface area contributed by atoms with Crippen LogP contribution in [0.3, 0.4) is 0 Å². The Morgan fingerprint density at radius 3 is 2.47 bits per heavy atom. The van der Waals surface area contributed by atoms with Crippen LogP contribution in [0.2, 0.25) is 5.02 Å². The fourth-order valence-corrected chi connectivity index (χ4v) is 5.08. The second kappa shape index (κ2) is 7.89. The third-order valence-corrected chi connectivity index (χ3v) is 6.69. The molecule has 0 radical (unpaired) electrons. The van der Waals surface area contributed by atoms with Crippen LogP contribution >= 0.6 is 22.9 Å². The first-order chi connectivity index (χ1) is 15.4. The minimum Gasteiger partial charge on any atom is -0.507 e. The molecule has 32 heavy (non-hydrogen) atoms. The highest BCUT2D eigenvalue weighted by molar-refractivity contribution is 7.22. The molecule has 1 amide bonds. The zero-order chi connectivity index (χ0) is 22.4. The molecule has 4 aromatic rings. The Balaban J connectivity index is 1.72. The van der Waals surface area contributed by atoms with Crippen molar-refractivity contribution in [1.82, 2.24) is 4.98 Å². The van der Waals surface area contributed by atoms with Gasteiger partial charge in [0, 0.05) is 10.6 Å². The van der Waals surface area contributed by atoms with Crippen LogP contribution in [0.25, 0.3) is 16.0 Å². The summed E-state index contributed by atoms with van der Waals surface area (Å²) in [5.41, 5.74) is 2.98. The molecule has 1 atom stereocenters. The second-order valence-corrected chi connectivity index (χ2v) is 9.00. The molecular weight excluding hydrogens is 444 g/mol. The molecule has 1 aliphatic rings. The van der Waals surface area contributed by atoms with Crippen molar-refractivity contribution in [3.05, 3.63) is 100 Å². The molecule has 2 heterocycles.